The number of hydrogen-bond acceptors (Lipinski definition) is 5. The van der Waals surface area contributed by atoms with Gasteiger partial charge in [0.2, 0.25) is 5.43 Å². The second-order valence-corrected chi connectivity index (χ2v) is 6.41. The van der Waals surface area contributed by atoms with Crippen molar-refractivity contribution in [1.29, 1.82) is 0 Å². The molecule has 0 fully saturated rings. The zero-order valence-electron chi connectivity index (χ0n) is 16.0. The van der Waals surface area contributed by atoms with Gasteiger partial charge in [-0.25, -0.2) is 0 Å². The molecule has 0 radical (unpaired) electrons. The first kappa shape index (κ1) is 18.5. The highest BCUT2D eigenvalue weighted by molar-refractivity contribution is 6.00. The van der Waals surface area contributed by atoms with Gasteiger partial charge in [-0.2, -0.15) is 0 Å². The molecule has 4 aromatic rings. The molecule has 29 heavy (non-hydrogen) atoms. The van der Waals surface area contributed by atoms with E-state index in [4.69, 9.17) is 13.9 Å². The molecule has 5 heteroatoms. The molecule has 0 spiro atoms. The highest BCUT2D eigenvalue weighted by atomic mass is 16.5. The van der Waals surface area contributed by atoms with Crippen LogP contribution in [0.1, 0.15) is 10.4 Å². The van der Waals surface area contributed by atoms with Gasteiger partial charge in [0.25, 0.3) is 0 Å². The molecule has 0 aliphatic heterocycles. The summed E-state index contributed by atoms with van der Waals surface area (Å²) in [4.78, 5) is 25.2. The van der Waals surface area contributed by atoms with Crippen molar-refractivity contribution >= 4 is 17.3 Å². The first-order valence-electron chi connectivity index (χ1n) is 9.00. The molecule has 0 aliphatic carbocycles. The molecule has 144 valence electrons. The largest absolute Gasteiger partial charge is 0.497 e. The summed E-state index contributed by atoms with van der Waals surface area (Å²) in [6, 6.07) is 19.8. The summed E-state index contributed by atoms with van der Waals surface area (Å²) in [5, 5.41) is 0.323. The Kier molecular flexibility index (Phi) is 4.87. The van der Waals surface area contributed by atoms with E-state index in [0.717, 1.165) is 5.56 Å². The van der Waals surface area contributed by atoms with Crippen molar-refractivity contribution in [2.75, 3.05) is 14.2 Å². The first-order valence-corrected chi connectivity index (χ1v) is 9.00. The van der Waals surface area contributed by atoms with Crippen molar-refractivity contribution in [3.05, 3.63) is 82.5 Å². The third kappa shape index (κ3) is 3.17. The fourth-order valence-electron chi connectivity index (χ4n) is 3.36. The molecule has 0 atom stereocenters. The van der Waals surface area contributed by atoms with Crippen molar-refractivity contribution in [2.45, 2.75) is 0 Å². The van der Waals surface area contributed by atoms with Gasteiger partial charge in [-0.05, 0) is 42.0 Å². The molecular weight excluding hydrogens is 368 g/mol. The van der Waals surface area contributed by atoms with Gasteiger partial charge >= 0.3 is 0 Å². The van der Waals surface area contributed by atoms with E-state index in [1.807, 2.05) is 42.5 Å². The Morgan fingerprint density at radius 3 is 2.17 bits per heavy atom. The number of methoxy groups -OCH3 is 2. The molecule has 0 saturated heterocycles. The summed E-state index contributed by atoms with van der Waals surface area (Å²) in [7, 11) is 3.05. The van der Waals surface area contributed by atoms with Crippen LogP contribution in [0.5, 0.6) is 11.5 Å². The molecule has 0 bridgehead atoms. The first-order chi connectivity index (χ1) is 14.2. The number of carbonyl (C=O) groups excluding carboxylic acids is 1. The summed E-state index contributed by atoms with van der Waals surface area (Å²) in [6.07, 6.45) is 0.643. The van der Waals surface area contributed by atoms with E-state index >= 15 is 0 Å². The molecule has 1 aromatic heterocycles. The maximum absolute atomic E-state index is 13.5. The second-order valence-electron chi connectivity index (χ2n) is 6.41. The van der Waals surface area contributed by atoms with Crippen molar-refractivity contribution in [1.82, 2.24) is 0 Å². The van der Waals surface area contributed by atoms with Crippen molar-refractivity contribution in [3.8, 4) is 33.9 Å². The van der Waals surface area contributed by atoms with Crippen LogP contribution in [-0.2, 0) is 0 Å². The highest BCUT2D eigenvalue weighted by Gasteiger charge is 2.21. The van der Waals surface area contributed by atoms with Gasteiger partial charge in [-0.3, -0.25) is 9.59 Å². The van der Waals surface area contributed by atoms with E-state index in [-0.39, 0.29) is 16.6 Å². The van der Waals surface area contributed by atoms with E-state index in [2.05, 4.69) is 0 Å². The van der Waals surface area contributed by atoms with Crippen LogP contribution in [0.2, 0.25) is 0 Å². The van der Waals surface area contributed by atoms with Crippen LogP contribution in [0.4, 0.5) is 0 Å². The number of fused-ring (bicyclic) bond motifs is 1. The van der Waals surface area contributed by atoms with E-state index in [1.165, 1.54) is 7.11 Å². The van der Waals surface area contributed by atoms with Crippen molar-refractivity contribution < 1.29 is 18.7 Å². The fraction of sp³-hybridized carbons (Fsp3) is 0.0833. The lowest BCUT2D eigenvalue weighted by atomic mass is 9.97. The van der Waals surface area contributed by atoms with Gasteiger partial charge < -0.3 is 13.9 Å². The standard InChI is InChI=1S/C24H18O5/c1-27-17-10-8-16(9-11-17)23-21(15-6-4-3-5-7-15)22(26)18-12-13-20(28-2)19(14-25)24(18)29-23/h3-14H,1-2H3. The zero-order chi connectivity index (χ0) is 20.4. The van der Waals surface area contributed by atoms with Crippen molar-refractivity contribution in [3.63, 3.8) is 0 Å². The SMILES string of the molecule is COc1ccc(-c2oc3c(C=O)c(OC)ccc3c(=O)c2-c2ccccc2)cc1. The molecule has 0 amide bonds. The number of carbonyl (C=O) groups is 1. The lowest BCUT2D eigenvalue weighted by Gasteiger charge is -2.13. The van der Waals surface area contributed by atoms with Crippen molar-refractivity contribution in [2.24, 2.45) is 0 Å². The number of ether oxygens (including phenoxy) is 2. The van der Waals surface area contributed by atoms with Gasteiger partial charge in [0, 0.05) is 5.56 Å². The summed E-state index contributed by atoms with van der Waals surface area (Å²) in [6.45, 7) is 0. The predicted molar refractivity (Wildman–Crippen MR) is 112 cm³/mol. The van der Waals surface area contributed by atoms with Gasteiger partial charge in [0.05, 0.1) is 30.7 Å². The monoisotopic (exact) mass is 386 g/mol. The highest BCUT2D eigenvalue weighted by Crippen LogP contribution is 2.35. The summed E-state index contributed by atoms with van der Waals surface area (Å²) in [5.41, 5.74) is 2.06. The van der Waals surface area contributed by atoms with Crippen LogP contribution in [-0.4, -0.2) is 20.5 Å². The van der Waals surface area contributed by atoms with Crippen LogP contribution >= 0.6 is 0 Å². The summed E-state index contributed by atoms with van der Waals surface area (Å²) < 4.78 is 16.7. The van der Waals surface area contributed by atoms with Crippen LogP contribution in [0, 0.1) is 0 Å². The number of rotatable bonds is 5. The Bertz CT molecular complexity index is 1240. The fourth-order valence-corrected chi connectivity index (χ4v) is 3.36. The van der Waals surface area contributed by atoms with Crippen LogP contribution in [0.15, 0.2) is 75.9 Å². The van der Waals surface area contributed by atoms with Crippen LogP contribution in [0.3, 0.4) is 0 Å². The lowest BCUT2D eigenvalue weighted by molar-refractivity contribution is 0.112. The molecule has 0 saturated carbocycles. The van der Waals surface area contributed by atoms with Gasteiger partial charge in [-0.1, -0.05) is 30.3 Å². The van der Waals surface area contributed by atoms with Crippen LogP contribution < -0.4 is 14.9 Å². The van der Waals surface area contributed by atoms with Gasteiger partial charge in [0.15, 0.2) is 11.9 Å². The molecule has 1 heterocycles. The predicted octanol–water partition coefficient (Wildman–Crippen LogP) is 4.96. The third-order valence-corrected chi connectivity index (χ3v) is 4.81. The van der Waals surface area contributed by atoms with E-state index in [9.17, 15) is 9.59 Å². The molecule has 4 rings (SSSR count). The molecule has 0 unspecified atom stereocenters. The average molecular weight is 386 g/mol. The molecular formula is C24H18O5. The average Bonchev–Trinajstić information content (AvgIpc) is 2.78. The molecule has 0 aliphatic rings. The Hall–Kier alpha value is -3.86. The van der Waals surface area contributed by atoms with E-state index in [1.54, 1.807) is 31.4 Å². The van der Waals surface area contributed by atoms with E-state index in [0.29, 0.717) is 40.1 Å². The molecule has 0 N–H and O–H groups in total. The van der Waals surface area contributed by atoms with Gasteiger partial charge in [0.1, 0.15) is 17.3 Å². The zero-order valence-corrected chi connectivity index (χ0v) is 16.0. The topological polar surface area (TPSA) is 65.7 Å². The quantitative estimate of drug-likeness (QED) is 0.454. The normalized spacial score (nSPS) is 10.7. The second kappa shape index (κ2) is 7.64. The Morgan fingerprint density at radius 2 is 1.55 bits per heavy atom. The Labute approximate surface area is 167 Å². The lowest BCUT2D eigenvalue weighted by Crippen LogP contribution is -2.09. The number of aldehydes is 1. The minimum Gasteiger partial charge on any atom is -0.497 e. The third-order valence-electron chi connectivity index (χ3n) is 4.81. The van der Waals surface area contributed by atoms with Crippen LogP contribution in [0.25, 0.3) is 33.4 Å². The maximum Gasteiger partial charge on any atom is 0.201 e. The smallest absolute Gasteiger partial charge is 0.201 e. The maximum atomic E-state index is 13.5. The Balaban J connectivity index is 2.12. The van der Waals surface area contributed by atoms with E-state index < -0.39 is 0 Å². The minimum atomic E-state index is -0.214. The number of benzene rings is 3. The van der Waals surface area contributed by atoms with Gasteiger partial charge in [-0.15, -0.1) is 0 Å². The summed E-state index contributed by atoms with van der Waals surface area (Å²) in [5.74, 6) is 1.42. The summed E-state index contributed by atoms with van der Waals surface area (Å²) >= 11 is 0. The molecule has 5 nitrogen and oxygen atoms in total. The minimum absolute atomic E-state index is 0.204. The Morgan fingerprint density at radius 1 is 0.828 bits per heavy atom. The number of hydrogen-bond donors (Lipinski definition) is 0. The molecule has 3 aromatic carbocycles.